The van der Waals surface area contributed by atoms with Gasteiger partial charge < -0.3 is 15.4 Å². The molecule has 5 nitrogen and oxygen atoms in total. The van der Waals surface area contributed by atoms with Crippen LogP contribution in [0.15, 0.2) is 30.7 Å². The van der Waals surface area contributed by atoms with Gasteiger partial charge in [0.2, 0.25) is 0 Å². The lowest BCUT2D eigenvalue weighted by atomic mass is 9.89. The van der Waals surface area contributed by atoms with E-state index in [1.807, 2.05) is 26.1 Å². The number of nitrogens with zero attached hydrogens (tertiary/aromatic N) is 3. The summed E-state index contributed by atoms with van der Waals surface area (Å²) in [4.78, 5) is 7.91. The van der Waals surface area contributed by atoms with Crippen LogP contribution in [0.4, 0.5) is 11.4 Å². The number of anilines is 1. The second kappa shape index (κ2) is 5.61. The van der Waals surface area contributed by atoms with E-state index in [-0.39, 0.29) is 6.10 Å². The lowest BCUT2D eigenvalue weighted by Crippen LogP contribution is -2.30. The highest BCUT2D eigenvalue weighted by Gasteiger charge is 2.30. The van der Waals surface area contributed by atoms with E-state index in [0.29, 0.717) is 17.4 Å². The van der Waals surface area contributed by atoms with E-state index in [1.165, 1.54) is 0 Å². The molecule has 0 saturated heterocycles. The fraction of sp³-hybridized carbons (Fsp3) is 0.300. The topological polar surface area (TPSA) is 68.4 Å². The van der Waals surface area contributed by atoms with Crippen LogP contribution < -0.4 is 5.73 Å². The average molecular weight is 332 g/mol. The Balaban J connectivity index is 2.00. The molecule has 3 N–H and O–H groups in total. The predicted molar refractivity (Wildman–Crippen MR) is 99.6 cm³/mol. The Morgan fingerprint density at radius 3 is 2.68 bits per heavy atom. The molecule has 1 aliphatic carbocycles. The minimum Gasteiger partial charge on any atom is -0.397 e. The molecule has 1 aliphatic rings. The molecule has 0 unspecified atom stereocenters. The Morgan fingerprint density at radius 1 is 1.24 bits per heavy atom. The van der Waals surface area contributed by atoms with Gasteiger partial charge in [-0.1, -0.05) is 0 Å². The van der Waals surface area contributed by atoms with Gasteiger partial charge in [-0.15, -0.1) is 0 Å². The number of aromatic nitrogens is 2. The first-order valence-electron chi connectivity index (χ1n) is 8.40. The molecule has 4 rings (SSSR count). The van der Waals surface area contributed by atoms with Crippen LogP contribution in [0.2, 0.25) is 0 Å². The molecule has 0 aliphatic heterocycles. The first-order chi connectivity index (χ1) is 12.0. The summed E-state index contributed by atoms with van der Waals surface area (Å²) < 4.78 is 2.24. The van der Waals surface area contributed by atoms with Gasteiger partial charge in [-0.05, 0) is 55.3 Å². The molecular formula is C20H20N4O. The van der Waals surface area contributed by atoms with Gasteiger partial charge in [0.15, 0.2) is 5.69 Å². The zero-order chi connectivity index (χ0) is 17.7. The van der Waals surface area contributed by atoms with E-state index in [9.17, 15) is 5.11 Å². The van der Waals surface area contributed by atoms with Crippen molar-refractivity contribution in [3.8, 4) is 11.1 Å². The number of fused-ring (bicyclic) bond motifs is 1. The number of benzene rings is 1. The van der Waals surface area contributed by atoms with Crippen molar-refractivity contribution in [3.05, 3.63) is 53.3 Å². The van der Waals surface area contributed by atoms with Crippen LogP contribution in [0.5, 0.6) is 0 Å². The molecule has 0 radical (unpaired) electrons. The number of pyridine rings is 1. The summed E-state index contributed by atoms with van der Waals surface area (Å²) in [6.07, 6.45) is 6.93. The van der Waals surface area contributed by atoms with Gasteiger partial charge in [0.1, 0.15) is 0 Å². The standard InChI is InChI=1S/C20H20N4O/c1-11-4-20-15(7-19(11)22-3)17(10-24(20)13-5-14(25)6-13)16-8-23-9-18(21)12(16)2/h4,7-10,13-14,25H,5-6,21H2,1-2H3. The van der Waals surface area contributed by atoms with Gasteiger partial charge in [-0.3, -0.25) is 4.98 Å². The number of hydrogen-bond acceptors (Lipinski definition) is 3. The van der Waals surface area contributed by atoms with Gasteiger partial charge >= 0.3 is 0 Å². The van der Waals surface area contributed by atoms with Crippen LogP contribution in [0.3, 0.4) is 0 Å². The van der Waals surface area contributed by atoms with Crippen molar-refractivity contribution in [2.75, 3.05) is 5.73 Å². The minimum absolute atomic E-state index is 0.217. The van der Waals surface area contributed by atoms with E-state index in [0.717, 1.165) is 46.0 Å². The highest BCUT2D eigenvalue weighted by atomic mass is 16.3. The first kappa shape index (κ1) is 15.7. The number of nitrogens with two attached hydrogens (primary N) is 1. The molecular weight excluding hydrogens is 312 g/mol. The van der Waals surface area contributed by atoms with E-state index < -0.39 is 0 Å². The zero-order valence-electron chi connectivity index (χ0n) is 14.3. The highest BCUT2D eigenvalue weighted by Crippen LogP contribution is 2.42. The zero-order valence-corrected chi connectivity index (χ0v) is 14.3. The van der Waals surface area contributed by atoms with Crippen LogP contribution in [0.25, 0.3) is 26.9 Å². The SMILES string of the molecule is [C-]#[N+]c1cc2c(-c3cncc(N)c3C)cn(C3CC(O)C3)c2cc1C. The number of aryl methyl sites for hydroxylation is 1. The van der Waals surface area contributed by atoms with Crippen LogP contribution in [0.1, 0.15) is 30.0 Å². The van der Waals surface area contributed by atoms with Crippen molar-refractivity contribution >= 4 is 22.3 Å². The van der Waals surface area contributed by atoms with Crippen molar-refractivity contribution in [1.82, 2.24) is 9.55 Å². The summed E-state index contributed by atoms with van der Waals surface area (Å²) in [7, 11) is 0. The number of aliphatic hydroxyl groups excluding tert-OH is 1. The lowest BCUT2D eigenvalue weighted by Gasteiger charge is -2.33. The maximum Gasteiger partial charge on any atom is 0.190 e. The van der Waals surface area contributed by atoms with Gasteiger partial charge in [-0.25, -0.2) is 4.85 Å². The maximum absolute atomic E-state index is 9.71. The fourth-order valence-electron chi connectivity index (χ4n) is 3.62. The molecule has 126 valence electrons. The minimum atomic E-state index is -0.217. The Labute approximate surface area is 146 Å². The van der Waals surface area contributed by atoms with Gasteiger partial charge in [0.25, 0.3) is 0 Å². The third-order valence-corrected chi connectivity index (χ3v) is 5.30. The normalized spacial score (nSPS) is 19.6. The van der Waals surface area contributed by atoms with E-state index >= 15 is 0 Å². The second-order valence-electron chi connectivity index (χ2n) is 6.90. The van der Waals surface area contributed by atoms with Gasteiger partial charge in [0, 0.05) is 35.1 Å². The second-order valence-corrected chi connectivity index (χ2v) is 6.90. The largest absolute Gasteiger partial charge is 0.397 e. The summed E-state index contributed by atoms with van der Waals surface area (Å²) in [6.45, 7) is 11.4. The monoisotopic (exact) mass is 332 g/mol. The molecule has 25 heavy (non-hydrogen) atoms. The van der Waals surface area contributed by atoms with Crippen molar-refractivity contribution in [2.24, 2.45) is 0 Å². The Hall–Kier alpha value is -2.84. The number of nitrogen functional groups attached to an aromatic ring is 1. The molecule has 0 bridgehead atoms. The quantitative estimate of drug-likeness (QED) is 0.693. The Kier molecular flexibility index (Phi) is 3.52. The number of aliphatic hydroxyl groups is 1. The van der Waals surface area contributed by atoms with Crippen molar-refractivity contribution in [1.29, 1.82) is 0 Å². The Bertz CT molecular complexity index is 1020. The predicted octanol–water partition coefficient (Wildman–Crippen LogP) is 4.15. The molecule has 0 atom stereocenters. The molecule has 1 aromatic carbocycles. The van der Waals surface area contributed by atoms with Crippen molar-refractivity contribution in [3.63, 3.8) is 0 Å². The summed E-state index contributed by atoms with van der Waals surface area (Å²) in [5, 5.41) is 10.7. The average Bonchev–Trinajstić information content (AvgIpc) is 2.91. The molecule has 1 fully saturated rings. The van der Waals surface area contributed by atoms with Gasteiger partial charge in [0.05, 0.1) is 24.6 Å². The molecule has 2 aromatic heterocycles. The van der Waals surface area contributed by atoms with Crippen molar-refractivity contribution in [2.45, 2.75) is 38.8 Å². The first-order valence-corrected chi connectivity index (χ1v) is 8.40. The third kappa shape index (κ3) is 2.38. The van der Waals surface area contributed by atoms with E-state index in [2.05, 4.69) is 26.7 Å². The number of rotatable bonds is 2. The summed E-state index contributed by atoms with van der Waals surface area (Å²) >= 11 is 0. The molecule has 0 amide bonds. The fourth-order valence-corrected chi connectivity index (χ4v) is 3.62. The van der Waals surface area contributed by atoms with Crippen LogP contribution in [-0.2, 0) is 0 Å². The van der Waals surface area contributed by atoms with Crippen molar-refractivity contribution < 1.29 is 5.11 Å². The van der Waals surface area contributed by atoms with Crippen LogP contribution >= 0.6 is 0 Å². The molecule has 2 heterocycles. The van der Waals surface area contributed by atoms with E-state index in [1.54, 1.807) is 6.20 Å². The van der Waals surface area contributed by atoms with Crippen LogP contribution in [-0.4, -0.2) is 20.8 Å². The lowest BCUT2D eigenvalue weighted by molar-refractivity contribution is 0.0504. The maximum atomic E-state index is 9.71. The molecule has 0 spiro atoms. The smallest absolute Gasteiger partial charge is 0.190 e. The number of hydrogen-bond donors (Lipinski definition) is 2. The molecule has 5 heteroatoms. The summed E-state index contributed by atoms with van der Waals surface area (Å²) in [5.74, 6) is 0. The Morgan fingerprint density at radius 2 is 2.00 bits per heavy atom. The molecule has 1 saturated carbocycles. The van der Waals surface area contributed by atoms with Gasteiger partial charge in [-0.2, -0.15) is 0 Å². The molecule has 3 aromatic rings. The highest BCUT2D eigenvalue weighted by molar-refractivity contribution is 5.99. The summed E-state index contributed by atoms with van der Waals surface area (Å²) in [5.41, 5.74) is 12.5. The van der Waals surface area contributed by atoms with Crippen LogP contribution in [0, 0.1) is 20.4 Å². The summed E-state index contributed by atoms with van der Waals surface area (Å²) in [6, 6.07) is 4.33. The van der Waals surface area contributed by atoms with E-state index in [4.69, 9.17) is 12.3 Å². The third-order valence-electron chi connectivity index (χ3n) is 5.30.